The predicted molar refractivity (Wildman–Crippen MR) is 85.0 cm³/mol. The van der Waals surface area contributed by atoms with Gasteiger partial charge in [0.25, 0.3) is 0 Å². The number of hydrogen-bond donors (Lipinski definition) is 2. The Hall–Kier alpha value is -0.850. The van der Waals surface area contributed by atoms with Gasteiger partial charge in [-0.2, -0.15) is 0 Å². The van der Waals surface area contributed by atoms with Crippen molar-refractivity contribution >= 4 is 31.6 Å². The molecule has 1 aromatic rings. The van der Waals surface area contributed by atoms with Gasteiger partial charge in [0.05, 0.1) is 4.90 Å². The van der Waals surface area contributed by atoms with E-state index in [0.717, 1.165) is 19.3 Å². The van der Waals surface area contributed by atoms with Crippen LogP contribution in [0.5, 0.6) is 0 Å². The first-order valence-corrected chi connectivity index (χ1v) is 8.91. The van der Waals surface area contributed by atoms with Gasteiger partial charge in [-0.1, -0.05) is 11.6 Å². The van der Waals surface area contributed by atoms with Crippen LogP contribution >= 0.6 is 15.9 Å². The van der Waals surface area contributed by atoms with Crippen molar-refractivity contribution < 1.29 is 8.42 Å². The van der Waals surface area contributed by atoms with Crippen LogP contribution in [0.2, 0.25) is 0 Å². The number of allylic oxidation sites excluding steroid dienone is 1. The molecule has 0 aliphatic heterocycles. The lowest BCUT2D eigenvalue weighted by Crippen LogP contribution is -2.25. The fourth-order valence-corrected chi connectivity index (χ4v) is 4.10. The second-order valence-electron chi connectivity index (χ2n) is 5.04. The van der Waals surface area contributed by atoms with Gasteiger partial charge in [0.1, 0.15) is 0 Å². The number of aryl methyl sites for hydroxylation is 1. The first kappa shape index (κ1) is 15.5. The van der Waals surface area contributed by atoms with Gasteiger partial charge in [-0.25, -0.2) is 13.1 Å². The molecular formula is C14H19BrN2O2S. The number of nitrogen functional groups attached to an aromatic ring is 1. The van der Waals surface area contributed by atoms with Gasteiger partial charge in [0.2, 0.25) is 10.0 Å². The first-order valence-electron chi connectivity index (χ1n) is 6.63. The van der Waals surface area contributed by atoms with Crippen LogP contribution in [0.25, 0.3) is 0 Å². The predicted octanol–water partition coefficient (Wildman–Crippen LogP) is 3.12. The van der Waals surface area contributed by atoms with Gasteiger partial charge < -0.3 is 5.73 Å². The fourth-order valence-electron chi connectivity index (χ4n) is 2.35. The zero-order valence-corrected chi connectivity index (χ0v) is 13.9. The smallest absolute Gasteiger partial charge is 0.240 e. The lowest BCUT2D eigenvalue weighted by molar-refractivity contribution is 0.580. The lowest BCUT2D eigenvalue weighted by atomic mass is 10.2. The lowest BCUT2D eigenvalue weighted by Gasteiger charge is -2.11. The van der Waals surface area contributed by atoms with Crippen molar-refractivity contribution in [2.24, 2.45) is 0 Å². The molecule has 1 aliphatic rings. The normalized spacial score (nSPS) is 15.4. The number of rotatable bonds is 5. The van der Waals surface area contributed by atoms with Crippen LogP contribution in [0.15, 0.2) is 33.2 Å². The maximum absolute atomic E-state index is 12.3. The van der Waals surface area contributed by atoms with E-state index in [1.165, 1.54) is 18.1 Å². The molecule has 0 fully saturated rings. The van der Waals surface area contributed by atoms with Crippen molar-refractivity contribution in [2.75, 3.05) is 12.3 Å². The van der Waals surface area contributed by atoms with E-state index in [4.69, 9.17) is 5.73 Å². The average Bonchev–Trinajstić information content (AvgIpc) is 2.86. The maximum Gasteiger partial charge on any atom is 0.240 e. The summed E-state index contributed by atoms with van der Waals surface area (Å²) in [7, 11) is -3.50. The first-order chi connectivity index (χ1) is 9.40. The molecule has 6 heteroatoms. The number of nitrogens with one attached hydrogen (secondary N) is 1. The van der Waals surface area contributed by atoms with Crippen LogP contribution in [0.3, 0.4) is 0 Å². The minimum atomic E-state index is -3.50. The highest BCUT2D eigenvalue weighted by Gasteiger charge is 2.18. The number of anilines is 1. The maximum atomic E-state index is 12.3. The van der Waals surface area contributed by atoms with Crippen LogP contribution in [-0.2, 0) is 10.0 Å². The molecule has 0 radical (unpaired) electrons. The zero-order valence-electron chi connectivity index (χ0n) is 11.4. The molecule has 2 rings (SSSR count). The Morgan fingerprint density at radius 1 is 1.40 bits per heavy atom. The number of halogens is 1. The minimum Gasteiger partial charge on any atom is -0.398 e. The average molecular weight is 359 g/mol. The minimum absolute atomic E-state index is 0.249. The van der Waals surface area contributed by atoms with E-state index < -0.39 is 10.0 Å². The standard InChI is InChI=1S/C14H19BrN2O2S/c1-10-8-12(15)13(16)9-14(10)20(18,19)17-7-6-11-4-2-3-5-11/h4,8-9,17H,2-3,5-7,16H2,1H3. The summed E-state index contributed by atoms with van der Waals surface area (Å²) in [5.41, 5.74) is 8.22. The Balaban J connectivity index is 2.08. The molecule has 1 aliphatic carbocycles. The Labute approximate surface area is 128 Å². The third kappa shape index (κ3) is 3.62. The van der Waals surface area contributed by atoms with Crippen LogP contribution in [0.4, 0.5) is 5.69 Å². The van der Waals surface area contributed by atoms with Gasteiger partial charge in [-0.3, -0.25) is 0 Å². The molecule has 4 nitrogen and oxygen atoms in total. The summed E-state index contributed by atoms with van der Waals surface area (Å²) in [6.07, 6.45) is 6.38. The van der Waals surface area contributed by atoms with Gasteiger partial charge >= 0.3 is 0 Å². The highest BCUT2D eigenvalue weighted by molar-refractivity contribution is 9.10. The van der Waals surface area contributed by atoms with E-state index in [1.807, 2.05) is 0 Å². The Bertz CT molecular complexity index is 639. The van der Waals surface area contributed by atoms with Gasteiger partial charge in [-0.15, -0.1) is 0 Å². The topological polar surface area (TPSA) is 72.2 Å². The monoisotopic (exact) mass is 358 g/mol. The summed E-state index contributed by atoms with van der Waals surface area (Å²) in [4.78, 5) is 0.249. The van der Waals surface area contributed by atoms with Crippen molar-refractivity contribution in [3.8, 4) is 0 Å². The summed E-state index contributed by atoms with van der Waals surface area (Å²) in [6, 6.07) is 3.22. The van der Waals surface area contributed by atoms with Gasteiger partial charge in [0.15, 0.2) is 0 Å². The summed E-state index contributed by atoms with van der Waals surface area (Å²) < 4.78 is 27.9. The molecule has 0 bridgehead atoms. The van der Waals surface area contributed by atoms with E-state index in [-0.39, 0.29) is 4.90 Å². The van der Waals surface area contributed by atoms with E-state index in [1.54, 1.807) is 13.0 Å². The van der Waals surface area contributed by atoms with Gasteiger partial charge in [0, 0.05) is 16.7 Å². The highest BCUT2D eigenvalue weighted by Crippen LogP contribution is 2.26. The molecule has 3 N–H and O–H groups in total. The van der Waals surface area contributed by atoms with Crippen molar-refractivity contribution in [3.63, 3.8) is 0 Å². The van der Waals surface area contributed by atoms with Crippen LogP contribution in [-0.4, -0.2) is 15.0 Å². The van der Waals surface area contributed by atoms with Crippen LogP contribution in [0, 0.1) is 6.92 Å². The molecular weight excluding hydrogens is 340 g/mol. The second-order valence-corrected chi connectivity index (χ2v) is 7.63. The molecule has 20 heavy (non-hydrogen) atoms. The summed E-state index contributed by atoms with van der Waals surface area (Å²) in [5.74, 6) is 0. The Morgan fingerprint density at radius 3 is 2.80 bits per heavy atom. The van der Waals surface area contributed by atoms with E-state index in [0.29, 0.717) is 22.3 Å². The Morgan fingerprint density at radius 2 is 2.15 bits per heavy atom. The largest absolute Gasteiger partial charge is 0.398 e. The number of benzene rings is 1. The zero-order chi connectivity index (χ0) is 14.8. The molecule has 1 aromatic carbocycles. The van der Waals surface area contributed by atoms with Crippen molar-refractivity contribution in [2.45, 2.75) is 37.5 Å². The molecule has 0 aromatic heterocycles. The summed E-state index contributed by atoms with van der Waals surface area (Å²) in [6.45, 7) is 2.20. The highest BCUT2D eigenvalue weighted by atomic mass is 79.9. The molecule has 0 atom stereocenters. The molecule has 0 unspecified atom stereocenters. The molecule has 0 heterocycles. The second kappa shape index (κ2) is 6.28. The van der Waals surface area contributed by atoms with Crippen LogP contribution < -0.4 is 10.5 Å². The van der Waals surface area contributed by atoms with E-state index >= 15 is 0 Å². The fraction of sp³-hybridized carbons (Fsp3) is 0.429. The van der Waals surface area contributed by atoms with Crippen molar-refractivity contribution in [3.05, 3.63) is 33.8 Å². The third-order valence-corrected chi connectivity index (χ3v) is 5.75. The van der Waals surface area contributed by atoms with Crippen molar-refractivity contribution in [1.29, 1.82) is 0 Å². The summed E-state index contributed by atoms with van der Waals surface area (Å²) in [5, 5.41) is 0. The van der Waals surface area contributed by atoms with E-state index in [2.05, 4.69) is 26.7 Å². The molecule has 0 saturated heterocycles. The van der Waals surface area contributed by atoms with Crippen LogP contribution in [0.1, 0.15) is 31.2 Å². The quantitative estimate of drug-likeness (QED) is 0.627. The molecule has 0 saturated carbocycles. The number of hydrogen-bond acceptors (Lipinski definition) is 3. The van der Waals surface area contributed by atoms with Gasteiger partial charge in [-0.05, 0) is 66.2 Å². The van der Waals surface area contributed by atoms with E-state index in [9.17, 15) is 8.42 Å². The third-order valence-electron chi connectivity index (χ3n) is 3.46. The SMILES string of the molecule is Cc1cc(Br)c(N)cc1S(=O)(=O)NCCC1=CCCC1. The number of nitrogens with two attached hydrogens (primary N) is 1. The molecule has 0 amide bonds. The molecule has 0 spiro atoms. The summed E-state index contributed by atoms with van der Waals surface area (Å²) >= 11 is 3.30. The Kier molecular flexibility index (Phi) is 4.88. The molecule has 110 valence electrons. The van der Waals surface area contributed by atoms with Crippen molar-refractivity contribution in [1.82, 2.24) is 4.72 Å². The number of sulfonamides is 1.